The number of rotatable bonds is 3. The van der Waals surface area contributed by atoms with Crippen LogP contribution in [0.1, 0.15) is 17.0 Å². The fraction of sp³-hybridized carbons (Fsp3) is 0.308. The molecule has 0 spiro atoms. The van der Waals surface area contributed by atoms with Crippen LogP contribution in [0.3, 0.4) is 0 Å². The van der Waals surface area contributed by atoms with Crippen LogP contribution in [0.2, 0.25) is 0 Å². The highest BCUT2D eigenvalue weighted by Crippen LogP contribution is 2.19. The van der Waals surface area contributed by atoms with E-state index < -0.39 is 10.0 Å². The summed E-state index contributed by atoms with van der Waals surface area (Å²) >= 11 is 0. The van der Waals surface area contributed by atoms with Gasteiger partial charge in [0.05, 0.1) is 23.9 Å². The number of aromatic nitrogens is 3. The molecule has 8 heteroatoms. The maximum absolute atomic E-state index is 12.5. The standard InChI is InChI=1S/C13H13N5O2S/c14-7-11-3-1-2-4-12(11)9-21(19,20)18-6-5-17-10-15-16-13(17)8-18/h1-4,10H,5-6,8-9H2. The Morgan fingerprint density at radius 2 is 2.10 bits per heavy atom. The first-order valence-electron chi connectivity index (χ1n) is 6.42. The molecule has 7 nitrogen and oxygen atoms in total. The molecule has 0 aliphatic carbocycles. The van der Waals surface area contributed by atoms with Gasteiger partial charge in [-0.05, 0) is 11.6 Å². The number of nitrogens with zero attached hydrogens (tertiary/aromatic N) is 5. The Kier molecular flexibility index (Phi) is 3.45. The van der Waals surface area contributed by atoms with Crippen molar-refractivity contribution in [2.24, 2.45) is 0 Å². The SMILES string of the molecule is N#Cc1ccccc1CS(=O)(=O)N1CCn2cnnc2C1. The van der Waals surface area contributed by atoms with Gasteiger partial charge < -0.3 is 4.57 Å². The van der Waals surface area contributed by atoms with Crippen LogP contribution in [0.4, 0.5) is 0 Å². The predicted molar refractivity (Wildman–Crippen MR) is 74.2 cm³/mol. The summed E-state index contributed by atoms with van der Waals surface area (Å²) in [6.45, 7) is 1.15. The van der Waals surface area contributed by atoms with Gasteiger partial charge >= 0.3 is 0 Å². The summed E-state index contributed by atoms with van der Waals surface area (Å²) in [7, 11) is -3.49. The van der Waals surface area contributed by atoms with Crippen molar-refractivity contribution in [2.75, 3.05) is 6.54 Å². The largest absolute Gasteiger partial charge is 0.315 e. The zero-order chi connectivity index (χ0) is 14.9. The summed E-state index contributed by atoms with van der Waals surface area (Å²) in [6.07, 6.45) is 1.60. The van der Waals surface area contributed by atoms with E-state index in [0.29, 0.717) is 30.0 Å². The van der Waals surface area contributed by atoms with Crippen molar-refractivity contribution in [1.29, 1.82) is 5.26 Å². The van der Waals surface area contributed by atoms with E-state index in [1.807, 2.05) is 10.6 Å². The van der Waals surface area contributed by atoms with E-state index in [1.165, 1.54) is 4.31 Å². The minimum absolute atomic E-state index is 0.176. The van der Waals surface area contributed by atoms with Crippen molar-refractivity contribution < 1.29 is 8.42 Å². The lowest BCUT2D eigenvalue weighted by Gasteiger charge is -2.26. The summed E-state index contributed by atoms with van der Waals surface area (Å²) in [4.78, 5) is 0. The summed E-state index contributed by atoms with van der Waals surface area (Å²) < 4.78 is 28.3. The molecule has 0 N–H and O–H groups in total. The van der Waals surface area contributed by atoms with Crippen molar-refractivity contribution in [3.63, 3.8) is 0 Å². The highest BCUT2D eigenvalue weighted by Gasteiger charge is 2.28. The molecule has 0 atom stereocenters. The van der Waals surface area contributed by atoms with E-state index in [1.54, 1.807) is 30.6 Å². The van der Waals surface area contributed by atoms with Crippen LogP contribution in [0.25, 0.3) is 0 Å². The second kappa shape index (κ2) is 5.27. The van der Waals surface area contributed by atoms with Crippen LogP contribution in [0, 0.1) is 11.3 Å². The molecule has 1 aliphatic heterocycles. The molecule has 2 aromatic rings. The van der Waals surface area contributed by atoms with Gasteiger partial charge in [-0.3, -0.25) is 0 Å². The minimum atomic E-state index is -3.49. The molecule has 0 fully saturated rings. The average molecular weight is 303 g/mol. The highest BCUT2D eigenvalue weighted by atomic mass is 32.2. The molecule has 0 saturated heterocycles. The Balaban J connectivity index is 1.84. The number of hydrogen-bond donors (Lipinski definition) is 0. The lowest BCUT2D eigenvalue weighted by molar-refractivity contribution is 0.335. The monoisotopic (exact) mass is 303 g/mol. The van der Waals surface area contributed by atoms with E-state index in [9.17, 15) is 8.42 Å². The van der Waals surface area contributed by atoms with Gasteiger partial charge in [0.25, 0.3) is 0 Å². The predicted octanol–water partition coefficient (Wildman–Crippen LogP) is 0.495. The lowest BCUT2D eigenvalue weighted by Crippen LogP contribution is -2.39. The fourth-order valence-electron chi connectivity index (χ4n) is 2.32. The molecule has 0 unspecified atom stereocenters. The van der Waals surface area contributed by atoms with E-state index >= 15 is 0 Å². The minimum Gasteiger partial charge on any atom is -0.315 e. The maximum atomic E-state index is 12.5. The Hall–Kier alpha value is -2.24. The van der Waals surface area contributed by atoms with Crippen molar-refractivity contribution >= 4 is 10.0 Å². The average Bonchev–Trinajstić information content (AvgIpc) is 2.95. The normalized spacial score (nSPS) is 15.4. The van der Waals surface area contributed by atoms with Gasteiger partial charge in [-0.15, -0.1) is 10.2 Å². The molecular formula is C13H13N5O2S. The highest BCUT2D eigenvalue weighted by molar-refractivity contribution is 7.88. The van der Waals surface area contributed by atoms with Crippen LogP contribution in [-0.2, 0) is 28.9 Å². The first-order valence-corrected chi connectivity index (χ1v) is 8.03. The van der Waals surface area contributed by atoms with E-state index in [4.69, 9.17) is 5.26 Å². The van der Waals surface area contributed by atoms with Gasteiger partial charge in [0.15, 0.2) is 0 Å². The van der Waals surface area contributed by atoms with Gasteiger partial charge in [-0.25, -0.2) is 8.42 Å². The fourth-order valence-corrected chi connectivity index (χ4v) is 3.82. The third-order valence-corrected chi connectivity index (χ3v) is 5.25. The quantitative estimate of drug-likeness (QED) is 0.823. The summed E-state index contributed by atoms with van der Waals surface area (Å²) in [5.74, 6) is 0.462. The zero-order valence-corrected chi connectivity index (χ0v) is 12.0. The summed E-state index contributed by atoms with van der Waals surface area (Å²) in [6, 6.07) is 8.77. The number of sulfonamides is 1. The molecule has 2 heterocycles. The second-order valence-corrected chi connectivity index (χ2v) is 6.77. The Morgan fingerprint density at radius 3 is 2.90 bits per heavy atom. The first kappa shape index (κ1) is 13.7. The van der Waals surface area contributed by atoms with Crippen LogP contribution in [-0.4, -0.2) is 34.0 Å². The van der Waals surface area contributed by atoms with Crippen LogP contribution in [0.15, 0.2) is 30.6 Å². The number of nitriles is 1. The van der Waals surface area contributed by atoms with Crippen molar-refractivity contribution in [2.45, 2.75) is 18.8 Å². The third-order valence-electron chi connectivity index (χ3n) is 3.47. The Morgan fingerprint density at radius 1 is 1.29 bits per heavy atom. The van der Waals surface area contributed by atoms with Gasteiger partial charge in [-0.1, -0.05) is 18.2 Å². The summed E-state index contributed by atoms with van der Waals surface area (Å²) in [5.41, 5.74) is 0.910. The van der Waals surface area contributed by atoms with Crippen molar-refractivity contribution in [3.05, 3.63) is 47.5 Å². The van der Waals surface area contributed by atoms with Gasteiger partial charge in [-0.2, -0.15) is 9.57 Å². The van der Waals surface area contributed by atoms with Gasteiger partial charge in [0.1, 0.15) is 12.2 Å². The van der Waals surface area contributed by atoms with Crippen molar-refractivity contribution in [1.82, 2.24) is 19.1 Å². The van der Waals surface area contributed by atoms with Crippen molar-refractivity contribution in [3.8, 4) is 6.07 Å². The number of hydrogen-bond acceptors (Lipinski definition) is 5. The van der Waals surface area contributed by atoms with Gasteiger partial charge in [0, 0.05) is 13.1 Å². The molecule has 3 rings (SSSR count). The summed E-state index contributed by atoms with van der Waals surface area (Å²) in [5, 5.41) is 16.7. The first-order chi connectivity index (χ1) is 10.1. The Labute approximate surface area is 122 Å². The van der Waals surface area contributed by atoms with E-state index in [-0.39, 0.29) is 12.3 Å². The van der Waals surface area contributed by atoms with Crippen LogP contribution < -0.4 is 0 Å². The molecular weight excluding hydrogens is 290 g/mol. The number of fused-ring (bicyclic) bond motifs is 1. The number of benzene rings is 1. The zero-order valence-electron chi connectivity index (χ0n) is 11.2. The molecule has 1 aliphatic rings. The smallest absolute Gasteiger partial charge is 0.218 e. The molecule has 1 aromatic heterocycles. The molecule has 0 radical (unpaired) electrons. The molecule has 1 aromatic carbocycles. The molecule has 108 valence electrons. The van der Waals surface area contributed by atoms with Crippen LogP contribution in [0.5, 0.6) is 0 Å². The molecule has 0 amide bonds. The maximum Gasteiger partial charge on any atom is 0.218 e. The third kappa shape index (κ3) is 2.66. The Bertz CT molecular complexity index is 806. The lowest BCUT2D eigenvalue weighted by atomic mass is 10.1. The molecule has 0 saturated carbocycles. The molecule has 21 heavy (non-hydrogen) atoms. The van der Waals surface area contributed by atoms with Crippen LogP contribution >= 0.6 is 0 Å². The van der Waals surface area contributed by atoms with E-state index in [0.717, 1.165) is 0 Å². The molecule has 0 bridgehead atoms. The topological polar surface area (TPSA) is 91.9 Å². The van der Waals surface area contributed by atoms with E-state index in [2.05, 4.69) is 10.2 Å². The van der Waals surface area contributed by atoms with Gasteiger partial charge in [0.2, 0.25) is 10.0 Å². The second-order valence-electron chi connectivity index (χ2n) is 4.80.